The third kappa shape index (κ3) is 5.18. The van der Waals surface area contributed by atoms with Crippen LogP contribution in [0.25, 0.3) is 0 Å². The molecule has 2 N–H and O–H groups in total. The van der Waals surface area contributed by atoms with Crippen molar-refractivity contribution in [1.82, 2.24) is 4.90 Å². The van der Waals surface area contributed by atoms with Crippen LogP contribution < -0.4 is 10.9 Å². The van der Waals surface area contributed by atoms with E-state index in [1.807, 2.05) is 26.0 Å². The molecule has 132 valence electrons. The number of hydrazine groups is 1. The van der Waals surface area contributed by atoms with Crippen LogP contribution in [0.2, 0.25) is 5.02 Å². The van der Waals surface area contributed by atoms with Crippen molar-refractivity contribution < 1.29 is 4.79 Å². The van der Waals surface area contributed by atoms with Crippen LogP contribution in [0.4, 0.5) is 5.69 Å². The number of likely N-dealkylation sites (tertiary alicyclic amines) is 1. The highest BCUT2D eigenvalue weighted by Gasteiger charge is 2.23. The first-order valence-corrected chi connectivity index (χ1v) is 9.93. The minimum atomic E-state index is 0.0956. The highest BCUT2D eigenvalue weighted by atomic mass is 127. The minimum Gasteiger partial charge on any atom is -0.296 e. The summed E-state index contributed by atoms with van der Waals surface area (Å²) in [7, 11) is 0. The average Bonchev–Trinajstić information content (AvgIpc) is 2.55. The number of benzene rings is 1. The van der Waals surface area contributed by atoms with Crippen LogP contribution in [0.15, 0.2) is 35.5 Å². The van der Waals surface area contributed by atoms with E-state index in [2.05, 4.69) is 27.5 Å². The van der Waals surface area contributed by atoms with Gasteiger partial charge in [0.15, 0.2) is 5.78 Å². The predicted molar refractivity (Wildman–Crippen MR) is 110 cm³/mol. The van der Waals surface area contributed by atoms with Gasteiger partial charge in [-0.1, -0.05) is 40.6 Å². The number of nitrogens with zero attached hydrogens (tertiary/aromatic N) is 2. The number of hydrogen-bond donors (Lipinski definition) is 1. The summed E-state index contributed by atoms with van der Waals surface area (Å²) in [6.07, 6.45) is 3.63. The summed E-state index contributed by atoms with van der Waals surface area (Å²) >= 11 is 8.22. The van der Waals surface area contributed by atoms with Gasteiger partial charge in [-0.15, -0.1) is 0 Å². The molecule has 1 aliphatic rings. The van der Waals surface area contributed by atoms with Crippen molar-refractivity contribution in [1.29, 1.82) is 0 Å². The van der Waals surface area contributed by atoms with Crippen molar-refractivity contribution in [3.05, 3.63) is 40.6 Å². The van der Waals surface area contributed by atoms with Crippen molar-refractivity contribution in [2.75, 3.05) is 24.6 Å². The third-order valence-electron chi connectivity index (χ3n) is 4.37. The van der Waals surface area contributed by atoms with E-state index in [0.717, 1.165) is 30.0 Å². The van der Waals surface area contributed by atoms with Crippen LogP contribution in [0.5, 0.6) is 0 Å². The zero-order valence-electron chi connectivity index (χ0n) is 14.3. The highest BCUT2D eigenvalue weighted by molar-refractivity contribution is 14.1. The van der Waals surface area contributed by atoms with Crippen molar-refractivity contribution >= 4 is 45.7 Å². The number of hydrogen-bond acceptors (Lipinski definition) is 4. The SMILES string of the molecule is C/C(=C(\C(=O)CN1CCCCC1)C(C)I)N(N)c1ccc(Cl)cc1. The van der Waals surface area contributed by atoms with Crippen molar-refractivity contribution in [2.24, 2.45) is 5.84 Å². The van der Waals surface area contributed by atoms with E-state index in [4.69, 9.17) is 17.4 Å². The standard InChI is InChI=1S/C18H25ClIN3O/c1-13(20)18(17(24)12-22-10-4-3-5-11-22)14(2)23(21)16-8-6-15(19)7-9-16/h6-9,13H,3-5,10-12,21H2,1-2H3/b18-14+. The summed E-state index contributed by atoms with van der Waals surface area (Å²) in [5, 5.41) is 2.24. The zero-order valence-corrected chi connectivity index (χ0v) is 17.2. The second kappa shape index (κ2) is 9.17. The van der Waals surface area contributed by atoms with Gasteiger partial charge in [-0.2, -0.15) is 0 Å². The summed E-state index contributed by atoms with van der Waals surface area (Å²) in [5.41, 5.74) is 2.40. The fourth-order valence-corrected chi connectivity index (χ4v) is 3.97. The second-order valence-corrected chi connectivity index (χ2v) is 8.53. The monoisotopic (exact) mass is 461 g/mol. The number of carbonyl (C=O) groups excluding carboxylic acids is 1. The lowest BCUT2D eigenvalue weighted by atomic mass is 10.0. The first-order valence-electron chi connectivity index (χ1n) is 8.31. The Balaban J connectivity index is 2.20. The lowest BCUT2D eigenvalue weighted by Gasteiger charge is -2.28. The smallest absolute Gasteiger partial charge is 0.175 e. The van der Waals surface area contributed by atoms with Crippen LogP contribution in [-0.2, 0) is 4.79 Å². The van der Waals surface area contributed by atoms with Gasteiger partial charge >= 0.3 is 0 Å². The number of allylic oxidation sites excluding steroid dienone is 1. The summed E-state index contributed by atoms with van der Waals surface area (Å²) in [6.45, 7) is 6.44. The zero-order chi connectivity index (χ0) is 17.7. The van der Waals surface area contributed by atoms with Crippen LogP contribution in [0.1, 0.15) is 33.1 Å². The van der Waals surface area contributed by atoms with Crippen molar-refractivity contribution in [2.45, 2.75) is 37.0 Å². The van der Waals surface area contributed by atoms with Gasteiger partial charge in [0.25, 0.3) is 0 Å². The molecule has 1 aliphatic heterocycles. The molecule has 1 saturated heterocycles. The van der Waals surface area contributed by atoms with Crippen LogP contribution in [0, 0.1) is 0 Å². The Morgan fingerprint density at radius 1 is 1.29 bits per heavy atom. The Morgan fingerprint density at radius 2 is 1.88 bits per heavy atom. The number of anilines is 1. The van der Waals surface area contributed by atoms with Gasteiger partial charge in [0.2, 0.25) is 0 Å². The molecule has 1 unspecified atom stereocenters. The van der Waals surface area contributed by atoms with E-state index in [9.17, 15) is 4.79 Å². The van der Waals surface area contributed by atoms with Gasteiger partial charge < -0.3 is 0 Å². The lowest BCUT2D eigenvalue weighted by molar-refractivity contribution is -0.117. The number of carbonyl (C=O) groups is 1. The number of ketones is 1. The maximum absolute atomic E-state index is 12.9. The fraction of sp³-hybridized carbons (Fsp3) is 0.500. The molecule has 0 amide bonds. The molecule has 1 atom stereocenters. The highest BCUT2D eigenvalue weighted by Crippen LogP contribution is 2.25. The largest absolute Gasteiger partial charge is 0.296 e. The molecule has 0 aliphatic carbocycles. The Kier molecular flexibility index (Phi) is 7.53. The predicted octanol–water partition coefficient (Wildman–Crippen LogP) is 4.17. The van der Waals surface area contributed by atoms with Gasteiger partial charge in [-0.05, 0) is 64.0 Å². The van der Waals surface area contributed by atoms with Crippen molar-refractivity contribution in [3.8, 4) is 0 Å². The molecule has 0 spiro atoms. The summed E-state index contributed by atoms with van der Waals surface area (Å²) in [6, 6.07) is 7.31. The van der Waals surface area contributed by atoms with Gasteiger partial charge in [0.1, 0.15) is 0 Å². The maximum atomic E-state index is 12.9. The lowest BCUT2D eigenvalue weighted by Crippen LogP contribution is -2.38. The first kappa shape index (κ1) is 19.7. The van der Waals surface area contributed by atoms with Gasteiger partial charge in [-0.3, -0.25) is 14.7 Å². The molecular weight excluding hydrogens is 437 g/mol. The number of nitrogens with two attached hydrogens (primary N) is 1. The average molecular weight is 462 g/mol. The molecule has 2 rings (SSSR count). The molecule has 24 heavy (non-hydrogen) atoms. The number of rotatable bonds is 6. The van der Waals surface area contributed by atoms with E-state index in [-0.39, 0.29) is 9.71 Å². The minimum absolute atomic E-state index is 0.0956. The fourth-order valence-electron chi connectivity index (χ4n) is 3.04. The quantitative estimate of drug-likeness (QED) is 0.227. The van der Waals surface area contributed by atoms with Gasteiger partial charge in [0.05, 0.1) is 12.2 Å². The molecule has 1 heterocycles. The topological polar surface area (TPSA) is 49.6 Å². The molecule has 0 saturated carbocycles. The molecule has 6 heteroatoms. The molecule has 1 fully saturated rings. The van der Waals surface area contributed by atoms with Crippen LogP contribution in [-0.4, -0.2) is 34.2 Å². The van der Waals surface area contributed by atoms with E-state index < -0.39 is 0 Å². The van der Waals surface area contributed by atoms with Crippen LogP contribution >= 0.6 is 34.2 Å². The first-order chi connectivity index (χ1) is 11.4. The summed E-state index contributed by atoms with van der Waals surface area (Å²) < 4.78 is 0.0956. The Morgan fingerprint density at radius 3 is 2.42 bits per heavy atom. The van der Waals surface area contributed by atoms with Gasteiger partial charge in [0, 0.05) is 20.2 Å². The Labute approximate surface area is 163 Å². The number of Topliss-reactive ketones (excluding diaryl/α,β-unsaturated/α-hetero) is 1. The van der Waals surface area contributed by atoms with E-state index in [1.165, 1.54) is 19.3 Å². The number of halogens is 2. The molecule has 1 aromatic carbocycles. The number of piperidine rings is 1. The normalized spacial score (nSPS) is 18.0. The molecule has 0 bridgehead atoms. The van der Waals surface area contributed by atoms with Crippen molar-refractivity contribution in [3.63, 3.8) is 0 Å². The molecule has 0 radical (unpaired) electrons. The van der Waals surface area contributed by atoms with Gasteiger partial charge in [-0.25, -0.2) is 5.84 Å². The van der Waals surface area contributed by atoms with E-state index >= 15 is 0 Å². The summed E-state index contributed by atoms with van der Waals surface area (Å²) in [5.74, 6) is 6.43. The summed E-state index contributed by atoms with van der Waals surface area (Å²) in [4.78, 5) is 15.1. The number of alkyl halides is 1. The Hall–Kier alpha value is -0.630. The third-order valence-corrected chi connectivity index (χ3v) is 5.24. The van der Waals surface area contributed by atoms with Crippen LogP contribution in [0.3, 0.4) is 0 Å². The second-order valence-electron chi connectivity index (χ2n) is 6.22. The molecule has 1 aromatic rings. The maximum Gasteiger partial charge on any atom is 0.175 e. The Bertz CT molecular complexity index is 595. The molecule has 0 aromatic heterocycles. The molecule has 4 nitrogen and oxygen atoms in total. The van der Waals surface area contributed by atoms with E-state index in [0.29, 0.717) is 11.6 Å². The van der Waals surface area contributed by atoms with E-state index in [1.54, 1.807) is 17.1 Å². The molecular formula is C18H25ClIN3O.